The van der Waals surface area contributed by atoms with Crippen molar-refractivity contribution in [3.05, 3.63) is 59.2 Å². The van der Waals surface area contributed by atoms with Crippen LogP contribution in [0.4, 0.5) is 38.3 Å². The summed E-state index contributed by atoms with van der Waals surface area (Å²) < 4.78 is 104. The van der Waals surface area contributed by atoms with Crippen molar-refractivity contribution in [3.63, 3.8) is 0 Å². The fourth-order valence-corrected chi connectivity index (χ4v) is 4.99. The van der Waals surface area contributed by atoms with Crippen LogP contribution in [0.25, 0.3) is 0 Å². The van der Waals surface area contributed by atoms with E-state index in [1.807, 2.05) is 0 Å². The van der Waals surface area contributed by atoms with Crippen LogP contribution in [-0.2, 0) is 11.0 Å². The lowest BCUT2D eigenvalue weighted by atomic mass is 10.1. The Morgan fingerprint density at radius 3 is 2.03 bits per heavy atom. The van der Waals surface area contributed by atoms with Gasteiger partial charge in [-0.2, -0.15) is 13.2 Å². The number of carbonyl (C=O) groups excluding carboxylic acids is 1. The molecule has 0 spiro atoms. The molecule has 4 rings (SSSR count). The lowest BCUT2D eigenvalue weighted by Gasteiger charge is -2.40. The van der Waals surface area contributed by atoms with Crippen molar-refractivity contribution in [2.45, 2.75) is 30.3 Å². The molecule has 1 saturated heterocycles. The zero-order chi connectivity index (χ0) is 25.2. The summed E-state index contributed by atoms with van der Waals surface area (Å²) in [5, 5.41) is 0. The zero-order valence-corrected chi connectivity index (χ0v) is 18.8. The molecular weight excluding hydrogens is 492 g/mol. The minimum Gasteiger partial charge on any atom is -0.368 e. The van der Waals surface area contributed by atoms with Gasteiger partial charge in [-0.3, -0.25) is 4.79 Å². The summed E-state index contributed by atoms with van der Waals surface area (Å²) in [5.41, 5.74) is 0.783. The third-order valence-electron chi connectivity index (χ3n) is 6.33. The monoisotopic (exact) mass is 514 g/mol. The number of aryl methyl sites for hydroxylation is 1. The van der Waals surface area contributed by atoms with Gasteiger partial charge in [0.1, 0.15) is 4.90 Å². The molecule has 3 nitrogen and oxygen atoms in total. The number of nitrogens with zero attached hydrogens (tertiary/aromatic N) is 2. The largest absolute Gasteiger partial charge is 0.416 e. The molecule has 1 aliphatic carbocycles. The van der Waals surface area contributed by atoms with E-state index in [1.54, 1.807) is 16.7 Å². The molecular formula is C22H22F8N2OS. The topological polar surface area (TPSA) is 23.6 Å². The molecule has 2 atom stereocenters. The standard InChI is InChI=1S/C22H22F8N2OS/c1-14-2-5-16(22(23,24)25)12-20(14)31-8-10-32(11-9-31)21(33)19-13-18(19)15-3-6-17(7-4-15)34(26,27,28,29)30/h2-7,12,18-19H,8-11,13H2,1H3/t18?,19-/m0/s1. The van der Waals surface area contributed by atoms with E-state index < -0.39 is 32.8 Å². The summed E-state index contributed by atoms with van der Waals surface area (Å²) in [5.74, 6) is -0.987. The molecule has 1 heterocycles. The molecule has 1 unspecified atom stereocenters. The van der Waals surface area contributed by atoms with Crippen LogP contribution in [0.1, 0.15) is 29.0 Å². The molecule has 12 heteroatoms. The number of amides is 1. The van der Waals surface area contributed by atoms with Gasteiger partial charge in [0.2, 0.25) is 5.91 Å². The molecule has 2 aromatic rings. The van der Waals surface area contributed by atoms with Crippen molar-refractivity contribution < 1.29 is 37.4 Å². The molecule has 0 N–H and O–H groups in total. The summed E-state index contributed by atoms with van der Waals surface area (Å²) in [4.78, 5) is 14.2. The van der Waals surface area contributed by atoms with Crippen LogP contribution in [0.5, 0.6) is 0 Å². The van der Waals surface area contributed by atoms with Crippen molar-refractivity contribution in [2.75, 3.05) is 31.1 Å². The predicted molar refractivity (Wildman–Crippen MR) is 114 cm³/mol. The maximum absolute atomic E-state index is 13.1. The third-order valence-corrected chi connectivity index (χ3v) is 7.49. The average molecular weight is 514 g/mol. The van der Waals surface area contributed by atoms with Crippen molar-refractivity contribution in [1.29, 1.82) is 0 Å². The summed E-state index contributed by atoms with van der Waals surface area (Å²) in [6, 6.07) is 6.21. The van der Waals surface area contributed by atoms with Crippen LogP contribution in [0, 0.1) is 12.8 Å². The van der Waals surface area contributed by atoms with E-state index in [0.29, 0.717) is 61.5 Å². The molecule has 2 aliphatic rings. The maximum Gasteiger partial charge on any atom is 0.416 e. The van der Waals surface area contributed by atoms with Crippen molar-refractivity contribution in [1.82, 2.24) is 4.90 Å². The van der Waals surface area contributed by atoms with Crippen LogP contribution >= 0.6 is 10.2 Å². The number of piperazine rings is 1. The highest BCUT2D eigenvalue weighted by Crippen LogP contribution is 3.02. The van der Waals surface area contributed by atoms with Crippen molar-refractivity contribution in [3.8, 4) is 0 Å². The normalized spacial score (nSPS) is 23.3. The van der Waals surface area contributed by atoms with E-state index in [2.05, 4.69) is 0 Å². The van der Waals surface area contributed by atoms with Gasteiger partial charge in [0.05, 0.1) is 5.56 Å². The lowest BCUT2D eigenvalue weighted by Crippen LogP contribution is -2.49. The van der Waals surface area contributed by atoms with Gasteiger partial charge in [0.15, 0.2) is 0 Å². The fraction of sp³-hybridized carbons (Fsp3) is 0.409. The highest BCUT2D eigenvalue weighted by Gasteiger charge is 2.65. The second-order valence-corrected chi connectivity index (χ2v) is 11.2. The second kappa shape index (κ2) is 7.25. The molecule has 0 aromatic heterocycles. The van der Waals surface area contributed by atoms with Gasteiger partial charge >= 0.3 is 16.4 Å². The second-order valence-electron chi connectivity index (χ2n) is 8.80. The number of rotatable bonds is 4. The van der Waals surface area contributed by atoms with E-state index in [-0.39, 0.29) is 11.8 Å². The Labute approximate surface area is 191 Å². The molecule has 1 aliphatic heterocycles. The molecule has 0 bridgehead atoms. The van der Waals surface area contributed by atoms with Crippen LogP contribution < -0.4 is 4.90 Å². The van der Waals surface area contributed by atoms with Gasteiger partial charge in [-0.1, -0.05) is 37.6 Å². The number of hydrogen-bond acceptors (Lipinski definition) is 2. The highest BCUT2D eigenvalue weighted by atomic mass is 32.5. The van der Waals surface area contributed by atoms with Gasteiger partial charge in [0, 0.05) is 37.8 Å². The third kappa shape index (κ3) is 5.11. The van der Waals surface area contributed by atoms with E-state index in [9.17, 15) is 37.4 Å². The van der Waals surface area contributed by atoms with E-state index in [1.165, 1.54) is 6.07 Å². The Bertz CT molecular complexity index is 1110. The number of alkyl halides is 3. The smallest absolute Gasteiger partial charge is 0.368 e. The number of halogens is 8. The van der Waals surface area contributed by atoms with Gasteiger partial charge < -0.3 is 9.80 Å². The highest BCUT2D eigenvalue weighted by molar-refractivity contribution is 8.45. The SMILES string of the molecule is Cc1ccc(C(F)(F)F)cc1N1CCN(C(=O)[C@H]2CC2c2ccc(S(F)(F)(F)(F)F)cc2)CC1. The number of benzene rings is 2. The quantitative estimate of drug-likeness (QED) is 0.406. The van der Waals surface area contributed by atoms with Gasteiger partial charge in [0.25, 0.3) is 0 Å². The van der Waals surface area contributed by atoms with Gasteiger partial charge in [-0.05, 0) is 54.7 Å². The Morgan fingerprint density at radius 1 is 0.912 bits per heavy atom. The van der Waals surface area contributed by atoms with Crippen LogP contribution in [0.15, 0.2) is 47.4 Å². The number of carbonyl (C=O) groups is 1. The predicted octanol–water partition coefficient (Wildman–Crippen LogP) is 7.12. The van der Waals surface area contributed by atoms with E-state index in [0.717, 1.165) is 24.3 Å². The summed E-state index contributed by atoms with van der Waals surface area (Å²) >= 11 is 0. The molecule has 34 heavy (non-hydrogen) atoms. The Kier molecular flexibility index (Phi) is 5.25. The molecule has 1 saturated carbocycles. The zero-order valence-electron chi connectivity index (χ0n) is 18.0. The molecule has 2 aromatic carbocycles. The molecule has 2 fully saturated rings. The summed E-state index contributed by atoms with van der Waals surface area (Å²) in [7, 11) is -9.74. The average Bonchev–Trinajstić information content (AvgIpc) is 3.52. The van der Waals surface area contributed by atoms with Crippen LogP contribution in [0.2, 0.25) is 0 Å². The first kappa shape index (κ1) is 24.6. The van der Waals surface area contributed by atoms with E-state index in [4.69, 9.17) is 0 Å². The number of hydrogen-bond donors (Lipinski definition) is 0. The summed E-state index contributed by atoms with van der Waals surface area (Å²) in [6.07, 6.45) is -4.06. The molecule has 1 amide bonds. The van der Waals surface area contributed by atoms with E-state index >= 15 is 0 Å². The van der Waals surface area contributed by atoms with Crippen LogP contribution in [-0.4, -0.2) is 37.0 Å². The first-order valence-electron chi connectivity index (χ1n) is 10.5. The Balaban J connectivity index is 1.37. The molecule has 0 radical (unpaired) electrons. The Hall–Kier alpha value is -2.50. The first-order valence-corrected chi connectivity index (χ1v) is 12.4. The fourth-order valence-electron chi connectivity index (χ4n) is 4.34. The summed E-state index contributed by atoms with van der Waals surface area (Å²) in [6.45, 7) is 2.97. The van der Waals surface area contributed by atoms with Gasteiger partial charge in [-0.25, -0.2) is 0 Å². The number of anilines is 1. The van der Waals surface area contributed by atoms with Crippen LogP contribution in [0.3, 0.4) is 0 Å². The van der Waals surface area contributed by atoms with Crippen molar-refractivity contribution in [2.24, 2.45) is 5.92 Å². The van der Waals surface area contributed by atoms with Crippen molar-refractivity contribution >= 4 is 21.8 Å². The lowest BCUT2D eigenvalue weighted by molar-refractivity contribution is -0.137. The molecule has 188 valence electrons. The Morgan fingerprint density at radius 2 is 1.50 bits per heavy atom. The minimum atomic E-state index is -9.74. The first-order chi connectivity index (χ1) is 15.4. The maximum atomic E-state index is 13.1. The minimum absolute atomic E-state index is 0.192. The van der Waals surface area contributed by atoms with Gasteiger partial charge in [-0.15, -0.1) is 0 Å².